The molecule has 1 aromatic heterocycles. The van der Waals surface area contributed by atoms with Gasteiger partial charge in [-0.15, -0.1) is 0 Å². The molecule has 2 aromatic rings. The Morgan fingerprint density at radius 2 is 1.89 bits per heavy atom. The first-order valence-electron chi connectivity index (χ1n) is 6.73. The van der Waals surface area contributed by atoms with Crippen molar-refractivity contribution in [2.75, 3.05) is 6.54 Å². The van der Waals surface area contributed by atoms with E-state index < -0.39 is 0 Å². The van der Waals surface area contributed by atoms with E-state index in [4.69, 9.17) is 0 Å². The second-order valence-corrected chi connectivity index (χ2v) is 5.75. The Kier molecular flexibility index (Phi) is 4.00. The zero-order valence-corrected chi connectivity index (χ0v) is 12.1. The van der Waals surface area contributed by atoms with Gasteiger partial charge in [0.15, 0.2) is 0 Å². The van der Waals surface area contributed by atoms with Crippen LogP contribution in [-0.2, 0) is 0 Å². The lowest BCUT2D eigenvalue weighted by Gasteiger charge is -2.29. The Balaban J connectivity index is 2.29. The summed E-state index contributed by atoms with van der Waals surface area (Å²) in [4.78, 5) is 1.69. The number of benzene rings is 1. The standard InChI is InChI=1S/C15H22N4/c1-5-16-14(15(2,3)4)13-11-17-19(18-13)12-9-7-6-8-10-12/h6-11,14,16H,5H2,1-4H3. The van der Waals surface area contributed by atoms with Gasteiger partial charge in [-0.1, -0.05) is 45.9 Å². The normalized spacial score (nSPS) is 13.5. The number of rotatable bonds is 4. The van der Waals surface area contributed by atoms with Gasteiger partial charge < -0.3 is 5.32 Å². The lowest BCUT2D eigenvalue weighted by Crippen LogP contribution is -2.32. The third-order valence-corrected chi connectivity index (χ3v) is 3.07. The first-order valence-corrected chi connectivity index (χ1v) is 6.73. The molecule has 0 radical (unpaired) electrons. The van der Waals surface area contributed by atoms with Crippen LogP contribution < -0.4 is 5.32 Å². The van der Waals surface area contributed by atoms with Gasteiger partial charge in [-0.25, -0.2) is 0 Å². The van der Waals surface area contributed by atoms with Crippen molar-refractivity contribution in [3.63, 3.8) is 0 Å². The fourth-order valence-corrected chi connectivity index (χ4v) is 2.15. The molecular formula is C15H22N4. The average Bonchev–Trinajstić information content (AvgIpc) is 2.84. The molecule has 4 heteroatoms. The maximum Gasteiger partial charge on any atom is 0.101 e. The summed E-state index contributed by atoms with van der Waals surface area (Å²) >= 11 is 0. The van der Waals surface area contributed by atoms with Crippen LogP contribution in [0.1, 0.15) is 39.4 Å². The van der Waals surface area contributed by atoms with Gasteiger partial charge in [-0.05, 0) is 24.1 Å². The predicted molar refractivity (Wildman–Crippen MR) is 77.2 cm³/mol. The molecule has 1 heterocycles. The van der Waals surface area contributed by atoms with E-state index in [1.165, 1.54) is 0 Å². The Labute approximate surface area is 114 Å². The minimum atomic E-state index is 0.105. The summed E-state index contributed by atoms with van der Waals surface area (Å²) in [6.45, 7) is 9.66. The highest BCUT2D eigenvalue weighted by molar-refractivity contribution is 5.28. The number of aromatic nitrogens is 3. The number of hydrogen-bond acceptors (Lipinski definition) is 3. The fourth-order valence-electron chi connectivity index (χ4n) is 2.15. The van der Waals surface area contributed by atoms with Crippen molar-refractivity contribution < 1.29 is 0 Å². The van der Waals surface area contributed by atoms with Crippen LogP contribution in [0.25, 0.3) is 5.69 Å². The smallest absolute Gasteiger partial charge is 0.101 e. The van der Waals surface area contributed by atoms with Crippen LogP contribution in [0.2, 0.25) is 0 Å². The Bertz CT molecular complexity index is 510. The third kappa shape index (κ3) is 3.20. The minimum absolute atomic E-state index is 0.105. The first-order chi connectivity index (χ1) is 9.02. The van der Waals surface area contributed by atoms with Crippen molar-refractivity contribution in [1.82, 2.24) is 20.3 Å². The molecule has 0 amide bonds. The molecule has 102 valence electrons. The monoisotopic (exact) mass is 258 g/mol. The largest absolute Gasteiger partial charge is 0.308 e. The van der Waals surface area contributed by atoms with Gasteiger partial charge in [-0.3, -0.25) is 0 Å². The van der Waals surface area contributed by atoms with Gasteiger partial charge >= 0.3 is 0 Å². The van der Waals surface area contributed by atoms with Crippen LogP contribution >= 0.6 is 0 Å². The van der Waals surface area contributed by atoms with E-state index in [0.29, 0.717) is 0 Å². The van der Waals surface area contributed by atoms with E-state index >= 15 is 0 Å². The second-order valence-electron chi connectivity index (χ2n) is 5.75. The Morgan fingerprint density at radius 3 is 2.47 bits per heavy atom. The average molecular weight is 258 g/mol. The van der Waals surface area contributed by atoms with Gasteiger partial charge in [-0.2, -0.15) is 15.0 Å². The maximum absolute atomic E-state index is 4.61. The van der Waals surface area contributed by atoms with E-state index in [0.717, 1.165) is 17.9 Å². The topological polar surface area (TPSA) is 42.7 Å². The number of nitrogens with zero attached hydrogens (tertiary/aromatic N) is 3. The van der Waals surface area contributed by atoms with Gasteiger partial charge in [0.05, 0.1) is 17.9 Å². The van der Waals surface area contributed by atoms with Crippen molar-refractivity contribution in [3.05, 3.63) is 42.2 Å². The summed E-state index contributed by atoms with van der Waals surface area (Å²) in [5.41, 5.74) is 2.07. The maximum atomic E-state index is 4.61. The Hall–Kier alpha value is -1.68. The van der Waals surface area contributed by atoms with Gasteiger partial charge in [0, 0.05) is 0 Å². The zero-order valence-electron chi connectivity index (χ0n) is 12.1. The second kappa shape index (κ2) is 5.53. The van der Waals surface area contributed by atoms with Crippen molar-refractivity contribution in [1.29, 1.82) is 0 Å². The number of para-hydroxylation sites is 1. The molecule has 0 saturated carbocycles. The summed E-state index contributed by atoms with van der Waals surface area (Å²) in [7, 11) is 0. The third-order valence-electron chi connectivity index (χ3n) is 3.07. The SMILES string of the molecule is CCNC(c1cnn(-c2ccccc2)n1)C(C)(C)C. The molecule has 0 saturated heterocycles. The van der Waals surface area contributed by atoms with E-state index in [-0.39, 0.29) is 11.5 Å². The van der Waals surface area contributed by atoms with Crippen molar-refractivity contribution in [2.24, 2.45) is 5.41 Å². The quantitative estimate of drug-likeness (QED) is 0.916. The highest BCUT2D eigenvalue weighted by Crippen LogP contribution is 2.31. The lowest BCUT2D eigenvalue weighted by molar-refractivity contribution is 0.271. The molecule has 19 heavy (non-hydrogen) atoms. The van der Waals surface area contributed by atoms with Crippen LogP contribution in [0.5, 0.6) is 0 Å². The molecule has 2 rings (SSSR count). The molecule has 0 spiro atoms. The van der Waals surface area contributed by atoms with E-state index in [1.807, 2.05) is 36.5 Å². The van der Waals surface area contributed by atoms with Crippen molar-refractivity contribution in [2.45, 2.75) is 33.7 Å². The molecular weight excluding hydrogens is 236 g/mol. The lowest BCUT2D eigenvalue weighted by atomic mass is 9.85. The molecule has 0 bridgehead atoms. The summed E-state index contributed by atoms with van der Waals surface area (Å²) in [6.07, 6.45) is 1.85. The number of hydrogen-bond donors (Lipinski definition) is 1. The predicted octanol–water partition coefficient (Wildman–Crippen LogP) is 2.96. The van der Waals surface area contributed by atoms with Crippen molar-refractivity contribution >= 4 is 0 Å². The molecule has 4 nitrogen and oxygen atoms in total. The molecule has 1 N–H and O–H groups in total. The van der Waals surface area contributed by atoms with E-state index in [1.54, 1.807) is 4.80 Å². The Morgan fingerprint density at radius 1 is 1.21 bits per heavy atom. The van der Waals surface area contributed by atoms with Crippen LogP contribution in [0, 0.1) is 5.41 Å². The van der Waals surface area contributed by atoms with Crippen LogP contribution in [0.15, 0.2) is 36.5 Å². The van der Waals surface area contributed by atoms with E-state index in [2.05, 4.69) is 43.2 Å². The molecule has 0 aliphatic heterocycles. The molecule has 1 unspecified atom stereocenters. The zero-order chi connectivity index (χ0) is 13.9. The molecule has 1 aromatic carbocycles. The van der Waals surface area contributed by atoms with Crippen LogP contribution in [0.3, 0.4) is 0 Å². The van der Waals surface area contributed by atoms with Crippen LogP contribution in [0.4, 0.5) is 0 Å². The molecule has 0 fully saturated rings. The van der Waals surface area contributed by atoms with Gasteiger partial charge in [0.2, 0.25) is 0 Å². The highest BCUT2D eigenvalue weighted by atomic mass is 15.5. The van der Waals surface area contributed by atoms with E-state index in [9.17, 15) is 0 Å². The fraction of sp³-hybridized carbons (Fsp3) is 0.467. The molecule has 0 aliphatic rings. The summed E-state index contributed by atoms with van der Waals surface area (Å²) in [5, 5.41) is 12.5. The van der Waals surface area contributed by atoms with Gasteiger partial charge in [0.25, 0.3) is 0 Å². The molecule has 1 atom stereocenters. The van der Waals surface area contributed by atoms with Gasteiger partial charge in [0.1, 0.15) is 5.69 Å². The highest BCUT2D eigenvalue weighted by Gasteiger charge is 2.27. The van der Waals surface area contributed by atoms with Crippen molar-refractivity contribution in [3.8, 4) is 5.69 Å². The summed E-state index contributed by atoms with van der Waals surface area (Å²) in [5.74, 6) is 0. The molecule has 0 aliphatic carbocycles. The number of nitrogens with one attached hydrogen (secondary N) is 1. The summed E-state index contributed by atoms with van der Waals surface area (Å²) in [6, 6.07) is 10.2. The first kappa shape index (κ1) is 13.7. The van der Waals surface area contributed by atoms with Crippen LogP contribution in [-0.4, -0.2) is 21.5 Å². The summed E-state index contributed by atoms with van der Waals surface area (Å²) < 4.78 is 0. The minimum Gasteiger partial charge on any atom is -0.308 e.